The molecule has 0 saturated heterocycles. The van der Waals surface area contributed by atoms with Gasteiger partial charge in [-0.05, 0) is 36.9 Å². The van der Waals surface area contributed by atoms with Crippen molar-refractivity contribution in [3.05, 3.63) is 58.3 Å². The van der Waals surface area contributed by atoms with Crippen molar-refractivity contribution in [3.8, 4) is 5.75 Å². The van der Waals surface area contributed by atoms with Crippen LogP contribution in [0.25, 0.3) is 0 Å². The summed E-state index contributed by atoms with van der Waals surface area (Å²) in [7, 11) is 0. The summed E-state index contributed by atoms with van der Waals surface area (Å²) < 4.78 is 38.5. The first kappa shape index (κ1) is 20.3. The highest BCUT2D eigenvalue weighted by molar-refractivity contribution is 7.99. The number of alkyl halides is 2. The van der Waals surface area contributed by atoms with Gasteiger partial charge in [0, 0.05) is 10.6 Å². The molecule has 0 aliphatic heterocycles. The second-order valence-electron chi connectivity index (χ2n) is 5.59. The number of furan rings is 1. The van der Waals surface area contributed by atoms with Gasteiger partial charge in [0.2, 0.25) is 11.0 Å². The van der Waals surface area contributed by atoms with Gasteiger partial charge in [-0.2, -0.15) is 9.78 Å². The third-order valence-corrected chi connectivity index (χ3v) is 4.89. The van der Waals surface area contributed by atoms with Crippen LogP contribution >= 0.6 is 23.4 Å². The van der Waals surface area contributed by atoms with Gasteiger partial charge < -0.3 is 9.15 Å². The SMILES string of the molecule is CCSc1nnc(C(F)F)n1/N=C/c1ccc(COc2cccc(Cl)c2C)o1. The van der Waals surface area contributed by atoms with Crippen molar-refractivity contribution in [2.45, 2.75) is 32.0 Å². The minimum absolute atomic E-state index is 0.195. The van der Waals surface area contributed by atoms with Gasteiger partial charge in [-0.15, -0.1) is 10.2 Å². The minimum atomic E-state index is -2.78. The van der Waals surface area contributed by atoms with Crippen LogP contribution in [-0.2, 0) is 6.61 Å². The van der Waals surface area contributed by atoms with Gasteiger partial charge in [-0.1, -0.05) is 36.4 Å². The molecule has 0 aliphatic carbocycles. The number of rotatable bonds is 8. The highest BCUT2D eigenvalue weighted by Gasteiger charge is 2.20. The smallest absolute Gasteiger partial charge is 0.299 e. The maximum Gasteiger partial charge on any atom is 0.299 e. The molecular formula is C18H17ClF2N4O2S. The maximum absolute atomic E-state index is 13.1. The van der Waals surface area contributed by atoms with Crippen molar-refractivity contribution < 1.29 is 17.9 Å². The largest absolute Gasteiger partial charge is 0.485 e. The Hall–Kier alpha value is -2.39. The molecule has 0 unspecified atom stereocenters. The molecule has 2 heterocycles. The molecule has 0 atom stereocenters. The molecule has 28 heavy (non-hydrogen) atoms. The van der Waals surface area contributed by atoms with Crippen LogP contribution in [0, 0.1) is 6.92 Å². The summed E-state index contributed by atoms with van der Waals surface area (Å²) in [5.74, 6) is 1.75. The molecule has 0 N–H and O–H groups in total. The average Bonchev–Trinajstić information content (AvgIpc) is 3.28. The van der Waals surface area contributed by atoms with Crippen LogP contribution in [0.2, 0.25) is 5.02 Å². The van der Waals surface area contributed by atoms with E-state index >= 15 is 0 Å². The van der Waals surface area contributed by atoms with Gasteiger partial charge in [0.05, 0.1) is 6.21 Å². The Morgan fingerprint density at radius 3 is 2.89 bits per heavy atom. The summed E-state index contributed by atoms with van der Waals surface area (Å²) >= 11 is 7.34. The number of nitrogens with zero attached hydrogens (tertiary/aromatic N) is 4. The second-order valence-corrected chi connectivity index (χ2v) is 7.22. The minimum Gasteiger partial charge on any atom is -0.485 e. The second kappa shape index (κ2) is 9.20. The summed E-state index contributed by atoms with van der Waals surface area (Å²) in [6.45, 7) is 3.94. The summed E-state index contributed by atoms with van der Waals surface area (Å²) in [5.41, 5.74) is 0.839. The lowest BCUT2D eigenvalue weighted by Crippen LogP contribution is -2.00. The van der Waals surface area contributed by atoms with E-state index in [-0.39, 0.29) is 6.61 Å². The number of benzene rings is 1. The van der Waals surface area contributed by atoms with E-state index in [0.29, 0.717) is 33.2 Å². The molecule has 0 aliphatic rings. The zero-order valence-electron chi connectivity index (χ0n) is 15.1. The van der Waals surface area contributed by atoms with Crippen LogP contribution in [0.3, 0.4) is 0 Å². The summed E-state index contributed by atoms with van der Waals surface area (Å²) in [4.78, 5) is 0. The first-order valence-corrected chi connectivity index (χ1v) is 9.73. The number of ether oxygens (including phenoxy) is 1. The Bertz CT molecular complexity index is 974. The van der Waals surface area contributed by atoms with Gasteiger partial charge >= 0.3 is 0 Å². The Labute approximate surface area is 169 Å². The lowest BCUT2D eigenvalue weighted by Gasteiger charge is -2.08. The first-order valence-electron chi connectivity index (χ1n) is 8.36. The van der Waals surface area contributed by atoms with Crippen molar-refractivity contribution >= 4 is 29.6 Å². The molecule has 3 rings (SSSR count). The lowest BCUT2D eigenvalue weighted by atomic mass is 10.2. The standard InChI is InChI=1S/C18H17ClF2N4O2S/c1-3-28-18-24-23-17(16(20)21)25(18)22-9-12-7-8-13(27-12)10-26-15-6-4-5-14(19)11(15)2/h4-9,16H,3,10H2,1-2H3/b22-9+. The fraction of sp³-hybridized carbons (Fsp3) is 0.278. The quantitative estimate of drug-likeness (QED) is 0.359. The van der Waals surface area contributed by atoms with E-state index in [2.05, 4.69) is 15.3 Å². The van der Waals surface area contributed by atoms with E-state index in [0.717, 1.165) is 10.2 Å². The molecule has 10 heteroatoms. The van der Waals surface area contributed by atoms with Crippen molar-refractivity contribution in [2.24, 2.45) is 5.10 Å². The van der Waals surface area contributed by atoms with Crippen molar-refractivity contribution in [1.82, 2.24) is 14.9 Å². The van der Waals surface area contributed by atoms with Crippen LogP contribution < -0.4 is 4.74 Å². The van der Waals surface area contributed by atoms with Gasteiger partial charge in [0.1, 0.15) is 23.9 Å². The number of aromatic nitrogens is 3. The van der Waals surface area contributed by atoms with E-state index in [1.165, 1.54) is 18.0 Å². The normalized spacial score (nSPS) is 11.6. The number of thioether (sulfide) groups is 1. The number of hydrogen-bond acceptors (Lipinski definition) is 6. The summed E-state index contributed by atoms with van der Waals surface area (Å²) in [6.07, 6.45) is -1.44. The third kappa shape index (κ3) is 4.71. The zero-order valence-corrected chi connectivity index (χ0v) is 16.7. The molecule has 0 amide bonds. The Morgan fingerprint density at radius 2 is 2.14 bits per heavy atom. The highest BCUT2D eigenvalue weighted by atomic mass is 35.5. The highest BCUT2D eigenvalue weighted by Crippen LogP contribution is 2.26. The first-order chi connectivity index (χ1) is 13.5. The molecule has 2 aromatic heterocycles. The third-order valence-electron chi connectivity index (χ3n) is 3.68. The number of hydrogen-bond donors (Lipinski definition) is 0. The van der Waals surface area contributed by atoms with Crippen LogP contribution in [0.5, 0.6) is 5.75 Å². The van der Waals surface area contributed by atoms with Gasteiger partial charge in [0.25, 0.3) is 6.43 Å². The zero-order chi connectivity index (χ0) is 20.1. The molecule has 0 spiro atoms. The predicted octanol–water partition coefficient (Wildman–Crippen LogP) is 5.34. The van der Waals surface area contributed by atoms with Crippen LogP contribution in [0.4, 0.5) is 8.78 Å². The van der Waals surface area contributed by atoms with Crippen molar-refractivity contribution in [3.63, 3.8) is 0 Å². The maximum atomic E-state index is 13.1. The van der Waals surface area contributed by atoms with E-state index in [1.54, 1.807) is 24.3 Å². The van der Waals surface area contributed by atoms with Gasteiger partial charge in [-0.25, -0.2) is 8.78 Å². The Kier molecular flexibility index (Phi) is 6.69. The molecule has 0 bridgehead atoms. The lowest BCUT2D eigenvalue weighted by molar-refractivity contribution is 0.135. The Morgan fingerprint density at radius 1 is 1.32 bits per heavy atom. The van der Waals surface area contributed by atoms with Crippen LogP contribution in [0.1, 0.15) is 36.3 Å². The molecular weight excluding hydrogens is 410 g/mol. The van der Waals surface area contributed by atoms with E-state index in [9.17, 15) is 8.78 Å². The molecule has 0 fully saturated rings. The molecule has 3 aromatic rings. The van der Waals surface area contributed by atoms with Crippen LogP contribution in [0.15, 0.2) is 45.0 Å². The predicted molar refractivity (Wildman–Crippen MR) is 104 cm³/mol. The van der Waals surface area contributed by atoms with E-state index in [1.807, 2.05) is 19.9 Å². The molecule has 1 aromatic carbocycles. The van der Waals surface area contributed by atoms with Crippen LogP contribution in [-0.4, -0.2) is 26.8 Å². The van der Waals surface area contributed by atoms with Crippen molar-refractivity contribution in [2.75, 3.05) is 5.75 Å². The fourth-order valence-corrected chi connectivity index (χ4v) is 3.08. The van der Waals surface area contributed by atoms with E-state index < -0.39 is 12.2 Å². The molecule has 0 saturated carbocycles. The summed E-state index contributed by atoms with van der Waals surface area (Å²) in [5, 5.41) is 12.2. The average molecular weight is 427 g/mol. The van der Waals surface area contributed by atoms with Gasteiger partial charge in [0.15, 0.2) is 0 Å². The van der Waals surface area contributed by atoms with Gasteiger partial charge in [-0.3, -0.25) is 0 Å². The topological polar surface area (TPSA) is 65.4 Å². The molecule has 6 nitrogen and oxygen atoms in total. The monoisotopic (exact) mass is 426 g/mol. The summed E-state index contributed by atoms with van der Waals surface area (Å²) in [6, 6.07) is 8.80. The van der Waals surface area contributed by atoms with E-state index in [4.69, 9.17) is 20.8 Å². The Balaban J connectivity index is 1.71. The molecule has 148 valence electrons. The number of halogens is 3. The van der Waals surface area contributed by atoms with Crippen molar-refractivity contribution in [1.29, 1.82) is 0 Å². The molecule has 0 radical (unpaired) electrons. The fourth-order valence-electron chi connectivity index (χ4n) is 2.29.